The molecule has 4 nitrogen and oxygen atoms in total. The van der Waals surface area contributed by atoms with Gasteiger partial charge in [-0.05, 0) is 24.1 Å². The van der Waals surface area contributed by atoms with Gasteiger partial charge in [-0.15, -0.1) is 0 Å². The van der Waals surface area contributed by atoms with Crippen LogP contribution in [0.15, 0.2) is 24.3 Å². The standard InChI is InChI=1S/C16H24N2O2/c1-3-4-15-11-17-9-10-18(15)12-13-5-7-14(8-6-13)16(19)20-2/h5-8,15,17H,3-4,9-12H2,1-2H3/t15-/m1/s1. The lowest BCUT2D eigenvalue weighted by atomic mass is 10.1. The van der Waals surface area contributed by atoms with E-state index in [1.807, 2.05) is 24.3 Å². The number of nitrogens with one attached hydrogen (secondary N) is 1. The highest BCUT2D eigenvalue weighted by atomic mass is 16.5. The van der Waals surface area contributed by atoms with E-state index < -0.39 is 0 Å². The lowest BCUT2D eigenvalue weighted by Crippen LogP contribution is -2.50. The van der Waals surface area contributed by atoms with Crippen LogP contribution in [-0.4, -0.2) is 43.7 Å². The van der Waals surface area contributed by atoms with Crippen molar-refractivity contribution in [2.45, 2.75) is 32.4 Å². The number of esters is 1. The molecular formula is C16H24N2O2. The highest BCUT2D eigenvalue weighted by molar-refractivity contribution is 5.89. The Morgan fingerprint density at radius 2 is 2.15 bits per heavy atom. The van der Waals surface area contributed by atoms with Crippen molar-refractivity contribution in [3.8, 4) is 0 Å². The van der Waals surface area contributed by atoms with Gasteiger partial charge in [0.1, 0.15) is 0 Å². The summed E-state index contributed by atoms with van der Waals surface area (Å²) in [6, 6.07) is 8.36. The van der Waals surface area contributed by atoms with Gasteiger partial charge < -0.3 is 10.1 Å². The summed E-state index contributed by atoms with van der Waals surface area (Å²) < 4.78 is 4.72. The predicted octanol–water partition coefficient (Wildman–Crippen LogP) is 2.05. The number of carbonyl (C=O) groups excluding carboxylic acids is 1. The van der Waals surface area contributed by atoms with Crippen LogP contribution in [0.25, 0.3) is 0 Å². The lowest BCUT2D eigenvalue weighted by molar-refractivity contribution is 0.0600. The first kappa shape index (κ1) is 15.0. The molecule has 1 atom stereocenters. The monoisotopic (exact) mass is 276 g/mol. The maximum atomic E-state index is 11.4. The van der Waals surface area contributed by atoms with E-state index in [9.17, 15) is 4.79 Å². The summed E-state index contributed by atoms with van der Waals surface area (Å²) in [6.45, 7) is 6.41. The number of piperazine rings is 1. The number of carbonyl (C=O) groups is 1. The Kier molecular flexibility index (Phi) is 5.56. The summed E-state index contributed by atoms with van der Waals surface area (Å²) in [7, 11) is 1.41. The van der Waals surface area contributed by atoms with Crippen molar-refractivity contribution in [1.82, 2.24) is 10.2 Å². The van der Waals surface area contributed by atoms with Gasteiger partial charge in [-0.25, -0.2) is 4.79 Å². The van der Waals surface area contributed by atoms with Gasteiger partial charge in [0.2, 0.25) is 0 Å². The third-order valence-corrected chi connectivity index (χ3v) is 3.85. The second-order valence-corrected chi connectivity index (χ2v) is 5.31. The van der Waals surface area contributed by atoms with Crippen molar-refractivity contribution in [2.24, 2.45) is 0 Å². The number of methoxy groups -OCH3 is 1. The Hall–Kier alpha value is -1.39. The lowest BCUT2D eigenvalue weighted by Gasteiger charge is -2.36. The van der Waals surface area contributed by atoms with Crippen LogP contribution < -0.4 is 5.32 Å². The molecule has 1 fully saturated rings. The summed E-state index contributed by atoms with van der Waals surface area (Å²) >= 11 is 0. The molecule has 0 unspecified atom stereocenters. The third kappa shape index (κ3) is 3.81. The third-order valence-electron chi connectivity index (χ3n) is 3.85. The molecule has 0 bridgehead atoms. The minimum atomic E-state index is -0.275. The summed E-state index contributed by atoms with van der Waals surface area (Å²) in [4.78, 5) is 13.9. The molecule has 1 aliphatic heterocycles. The average Bonchev–Trinajstić information content (AvgIpc) is 2.49. The average molecular weight is 276 g/mol. The molecule has 1 saturated heterocycles. The number of ether oxygens (including phenoxy) is 1. The van der Waals surface area contributed by atoms with E-state index in [0.717, 1.165) is 26.2 Å². The van der Waals surface area contributed by atoms with Crippen LogP contribution in [-0.2, 0) is 11.3 Å². The second-order valence-electron chi connectivity index (χ2n) is 5.31. The molecule has 0 radical (unpaired) electrons. The number of rotatable bonds is 5. The van der Waals surface area contributed by atoms with Gasteiger partial charge in [-0.2, -0.15) is 0 Å². The molecule has 0 saturated carbocycles. The van der Waals surface area contributed by atoms with Crippen molar-refractivity contribution in [3.05, 3.63) is 35.4 Å². The van der Waals surface area contributed by atoms with Gasteiger partial charge in [-0.1, -0.05) is 25.5 Å². The zero-order chi connectivity index (χ0) is 14.4. The first-order chi connectivity index (χ1) is 9.74. The molecule has 0 spiro atoms. The molecule has 1 heterocycles. The van der Waals surface area contributed by atoms with Gasteiger partial charge in [0.15, 0.2) is 0 Å². The number of benzene rings is 1. The summed E-state index contributed by atoms with van der Waals surface area (Å²) in [5, 5.41) is 3.46. The zero-order valence-corrected chi connectivity index (χ0v) is 12.4. The molecule has 1 aliphatic rings. The maximum Gasteiger partial charge on any atom is 0.337 e. The maximum absolute atomic E-state index is 11.4. The quantitative estimate of drug-likeness (QED) is 0.836. The summed E-state index contributed by atoms with van der Waals surface area (Å²) in [6.07, 6.45) is 2.44. The molecular weight excluding hydrogens is 252 g/mol. The van der Waals surface area contributed by atoms with Crippen LogP contribution in [0, 0.1) is 0 Å². The van der Waals surface area contributed by atoms with E-state index in [-0.39, 0.29) is 5.97 Å². The van der Waals surface area contributed by atoms with E-state index in [2.05, 4.69) is 17.1 Å². The van der Waals surface area contributed by atoms with Crippen LogP contribution >= 0.6 is 0 Å². The van der Waals surface area contributed by atoms with Crippen LogP contribution in [0.3, 0.4) is 0 Å². The van der Waals surface area contributed by atoms with Crippen LogP contribution in [0.5, 0.6) is 0 Å². The molecule has 1 N–H and O–H groups in total. The second kappa shape index (κ2) is 7.41. The summed E-state index contributed by atoms with van der Waals surface area (Å²) in [5.41, 5.74) is 1.86. The number of hydrogen-bond acceptors (Lipinski definition) is 4. The molecule has 0 amide bonds. The Bertz CT molecular complexity index is 429. The molecule has 20 heavy (non-hydrogen) atoms. The Morgan fingerprint density at radius 3 is 2.80 bits per heavy atom. The van der Waals surface area contributed by atoms with Crippen molar-refractivity contribution < 1.29 is 9.53 Å². The smallest absolute Gasteiger partial charge is 0.337 e. The van der Waals surface area contributed by atoms with E-state index in [4.69, 9.17) is 4.74 Å². The fraction of sp³-hybridized carbons (Fsp3) is 0.562. The van der Waals surface area contributed by atoms with Gasteiger partial charge in [0.25, 0.3) is 0 Å². The van der Waals surface area contributed by atoms with Crippen molar-refractivity contribution >= 4 is 5.97 Å². The molecule has 4 heteroatoms. The van der Waals surface area contributed by atoms with Crippen molar-refractivity contribution in [3.63, 3.8) is 0 Å². The van der Waals surface area contributed by atoms with E-state index in [0.29, 0.717) is 11.6 Å². The Labute approximate surface area is 121 Å². The van der Waals surface area contributed by atoms with Crippen LogP contribution in [0.2, 0.25) is 0 Å². The van der Waals surface area contributed by atoms with E-state index in [1.165, 1.54) is 25.5 Å². The number of nitrogens with zero attached hydrogens (tertiary/aromatic N) is 1. The molecule has 1 aromatic rings. The fourth-order valence-electron chi connectivity index (χ4n) is 2.73. The molecule has 2 rings (SSSR count). The SMILES string of the molecule is CCC[C@@H]1CNCCN1Cc1ccc(C(=O)OC)cc1. The molecule has 1 aromatic carbocycles. The Balaban J connectivity index is 1.99. The molecule has 110 valence electrons. The van der Waals surface area contributed by atoms with Crippen molar-refractivity contribution in [1.29, 1.82) is 0 Å². The summed E-state index contributed by atoms with van der Waals surface area (Å²) in [5.74, 6) is -0.275. The van der Waals surface area contributed by atoms with Crippen LogP contribution in [0.1, 0.15) is 35.7 Å². The van der Waals surface area contributed by atoms with Gasteiger partial charge in [0, 0.05) is 32.2 Å². The Morgan fingerprint density at radius 1 is 1.40 bits per heavy atom. The minimum absolute atomic E-state index is 0.275. The number of hydrogen-bond donors (Lipinski definition) is 1. The largest absolute Gasteiger partial charge is 0.465 e. The highest BCUT2D eigenvalue weighted by Gasteiger charge is 2.21. The topological polar surface area (TPSA) is 41.6 Å². The molecule has 0 aromatic heterocycles. The van der Waals surface area contributed by atoms with Crippen LogP contribution in [0.4, 0.5) is 0 Å². The highest BCUT2D eigenvalue weighted by Crippen LogP contribution is 2.15. The zero-order valence-electron chi connectivity index (χ0n) is 12.4. The predicted molar refractivity (Wildman–Crippen MR) is 79.8 cm³/mol. The fourth-order valence-corrected chi connectivity index (χ4v) is 2.73. The first-order valence-electron chi connectivity index (χ1n) is 7.36. The van der Waals surface area contributed by atoms with E-state index >= 15 is 0 Å². The minimum Gasteiger partial charge on any atom is -0.465 e. The first-order valence-corrected chi connectivity index (χ1v) is 7.36. The van der Waals surface area contributed by atoms with Gasteiger partial charge in [0.05, 0.1) is 12.7 Å². The van der Waals surface area contributed by atoms with Crippen molar-refractivity contribution in [2.75, 3.05) is 26.7 Å². The normalized spacial score (nSPS) is 19.8. The van der Waals surface area contributed by atoms with Gasteiger partial charge in [-0.3, -0.25) is 4.90 Å². The van der Waals surface area contributed by atoms with E-state index in [1.54, 1.807) is 0 Å². The van der Waals surface area contributed by atoms with Gasteiger partial charge >= 0.3 is 5.97 Å². The molecule has 0 aliphatic carbocycles.